The number of nitrogens with zero attached hydrogens (tertiary/aromatic N) is 5. The Morgan fingerprint density at radius 2 is 1.91 bits per heavy atom. The number of morpholine rings is 1. The van der Waals surface area contributed by atoms with Gasteiger partial charge in [0.1, 0.15) is 0 Å². The Morgan fingerprint density at radius 1 is 1.13 bits per heavy atom. The third-order valence-corrected chi connectivity index (χ3v) is 5.18. The van der Waals surface area contributed by atoms with Gasteiger partial charge in [-0.3, -0.25) is 4.90 Å². The summed E-state index contributed by atoms with van der Waals surface area (Å²) >= 11 is 0. The smallest absolute Gasteiger partial charge is 0.176 e. The van der Waals surface area contributed by atoms with Gasteiger partial charge in [-0.25, -0.2) is 0 Å². The summed E-state index contributed by atoms with van der Waals surface area (Å²) in [6.45, 7) is 5.61. The molecule has 1 saturated heterocycles. The van der Waals surface area contributed by atoms with Crippen molar-refractivity contribution in [2.45, 2.75) is 38.1 Å². The third kappa shape index (κ3) is 2.56. The summed E-state index contributed by atoms with van der Waals surface area (Å²) in [6, 6.07) is 8.38. The van der Waals surface area contributed by atoms with Crippen LogP contribution in [0.25, 0.3) is 5.69 Å². The van der Waals surface area contributed by atoms with Crippen LogP contribution in [-0.2, 0) is 10.3 Å². The monoisotopic (exact) mass is 313 g/mol. The number of hydrogen-bond acceptors (Lipinski definition) is 5. The van der Waals surface area contributed by atoms with E-state index < -0.39 is 0 Å². The third-order valence-electron chi connectivity index (χ3n) is 5.18. The molecular weight excluding hydrogens is 290 g/mol. The molecule has 1 aromatic heterocycles. The standard InChI is InChI=1S/C17H23N5O/c1-14-5-4-6-15(13-14)22-16(18-19-20-22)17(7-2-3-8-17)21-9-11-23-12-10-21/h4-6,13H,2-3,7-12H2,1H3. The van der Waals surface area contributed by atoms with Crippen molar-refractivity contribution in [2.24, 2.45) is 0 Å². The van der Waals surface area contributed by atoms with Crippen LogP contribution < -0.4 is 0 Å². The second kappa shape index (κ2) is 6.02. The van der Waals surface area contributed by atoms with Crippen molar-refractivity contribution in [1.29, 1.82) is 0 Å². The Labute approximate surface area is 136 Å². The van der Waals surface area contributed by atoms with E-state index in [0.29, 0.717) is 0 Å². The average molecular weight is 313 g/mol. The number of aromatic nitrogens is 4. The number of rotatable bonds is 3. The van der Waals surface area contributed by atoms with Crippen molar-refractivity contribution < 1.29 is 4.74 Å². The second-order valence-electron chi connectivity index (χ2n) is 6.59. The molecule has 2 heterocycles. The van der Waals surface area contributed by atoms with Gasteiger partial charge in [0.15, 0.2) is 5.82 Å². The number of benzene rings is 1. The van der Waals surface area contributed by atoms with Crippen LogP contribution in [0.1, 0.15) is 37.1 Å². The van der Waals surface area contributed by atoms with Gasteiger partial charge in [0.05, 0.1) is 24.4 Å². The lowest BCUT2D eigenvalue weighted by Crippen LogP contribution is -2.51. The molecule has 2 aromatic rings. The van der Waals surface area contributed by atoms with Gasteiger partial charge in [-0.2, -0.15) is 4.68 Å². The van der Waals surface area contributed by atoms with Gasteiger partial charge in [0.25, 0.3) is 0 Å². The molecule has 1 saturated carbocycles. The van der Waals surface area contributed by atoms with Crippen LogP contribution in [0.2, 0.25) is 0 Å². The SMILES string of the molecule is Cc1cccc(-n2nnnc2C2(N3CCOCC3)CCCC2)c1. The molecule has 1 aromatic carbocycles. The second-order valence-corrected chi connectivity index (χ2v) is 6.59. The molecule has 2 fully saturated rings. The normalized spacial score (nSPS) is 21.6. The molecule has 6 heteroatoms. The fourth-order valence-electron chi connectivity index (χ4n) is 4.04. The van der Waals surface area contributed by atoms with E-state index >= 15 is 0 Å². The van der Waals surface area contributed by atoms with Crippen LogP contribution in [0.5, 0.6) is 0 Å². The Bertz CT molecular complexity index is 671. The topological polar surface area (TPSA) is 56.1 Å². The molecule has 23 heavy (non-hydrogen) atoms. The molecule has 0 amide bonds. The van der Waals surface area contributed by atoms with Crippen LogP contribution >= 0.6 is 0 Å². The van der Waals surface area contributed by atoms with Crippen molar-refractivity contribution in [2.75, 3.05) is 26.3 Å². The molecule has 1 aliphatic carbocycles. The maximum atomic E-state index is 5.55. The lowest BCUT2D eigenvalue weighted by molar-refractivity contribution is -0.0273. The average Bonchev–Trinajstić information content (AvgIpc) is 3.26. The van der Waals surface area contributed by atoms with E-state index in [1.54, 1.807) is 0 Å². The molecule has 6 nitrogen and oxygen atoms in total. The van der Waals surface area contributed by atoms with Gasteiger partial charge in [-0.15, -0.1) is 5.10 Å². The van der Waals surface area contributed by atoms with Crippen LogP contribution in [0, 0.1) is 6.92 Å². The van der Waals surface area contributed by atoms with E-state index in [1.165, 1.54) is 18.4 Å². The van der Waals surface area contributed by atoms with Crippen molar-refractivity contribution in [3.63, 3.8) is 0 Å². The van der Waals surface area contributed by atoms with Crippen molar-refractivity contribution in [1.82, 2.24) is 25.1 Å². The lowest BCUT2D eigenvalue weighted by Gasteiger charge is -2.42. The molecule has 2 aliphatic rings. The summed E-state index contributed by atoms with van der Waals surface area (Å²) in [6.07, 6.45) is 4.72. The lowest BCUT2D eigenvalue weighted by atomic mass is 9.93. The predicted molar refractivity (Wildman–Crippen MR) is 86.4 cm³/mol. The van der Waals surface area contributed by atoms with Gasteiger partial charge in [-0.1, -0.05) is 25.0 Å². The maximum absolute atomic E-state index is 5.55. The zero-order valence-electron chi connectivity index (χ0n) is 13.6. The summed E-state index contributed by atoms with van der Waals surface area (Å²) in [5.74, 6) is 0.988. The van der Waals surface area contributed by atoms with Gasteiger partial charge < -0.3 is 4.74 Å². The summed E-state index contributed by atoms with van der Waals surface area (Å²) in [7, 11) is 0. The van der Waals surface area contributed by atoms with E-state index in [9.17, 15) is 0 Å². The minimum atomic E-state index is -0.0446. The Morgan fingerprint density at radius 3 is 2.65 bits per heavy atom. The summed E-state index contributed by atoms with van der Waals surface area (Å²) in [4.78, 5) is 2.54. The molecule has 0 atom stereocenters. The largest absolute Gasteiger partial charge is 0.379 e. The van der Waals surface area contributed by atoms with E-state index in [-0.39, 0.29) is 5.54 Å². The Kier molecular flexibility index (Phi) is 3.87. The fraction of sp³-hybridized carbons (Fsp3) is 0.588. The fourth-order valence-corrected chi connectivity index (χ4v) is 4.04. The van der Waals surface area contributed by atoms with E-state index in [2.05, 4.69) is 51.6 Å². The van der Waals surface area contributed by atoms with E-state index in [4.69, 9.17) is 4.74 Å². The van der Waals surface area contributed by atoms with Crippen LogP contribution in [0.4, 0.5) is 0 Å². The first-order valence-corrected chi connectivity index (χ1v) is 8.48. The zero-order chi connectivity index (χ0) is 15.7. The highest BCUT2D eigenvalue weighted by Gasteiger charge is 2.45. The van der Waals surface area contributed by atoms with Crippen LogP contribution in [0.15, 0.2) is 24.3 Å². The molecule has 0 unspecified atom stereocenters. The number of aryl methyl sites for hydroxylation is 1. The first-order chi connectivity index (χ1) is 11.3. The molecular formula is C17H23N5O. The van der Waals surface area contributed by atoms with Gasteiger partial charge in [-0.05, 0) is 47.9 Å². The zero-order valence-corrected chi connectivity index (χ0v) is 13.6. The molecule has 0 bridgehead atoms. The highest BCUT2D eigenvalue weighted by atomic mass is 16.5. The van der Waals surface area contributed by atoms with Gasteiger partial charge >= 0.3 is 0 Å². The summed E-state index contributed by atoms with van der Waals surface area (Å²) in [5.41, 5.74) is 2.22. The molecule has 1 aliphatic heterocycles. The molecule has 4 rings (SSSR count). The predicted octanol–water partition coefficient (Wildman–Crippen LogP) is 2.07. The maximum Gasteiger partial charge on any atom is 0.176 e. The van der Waals surface area contributed by atoms with Crippen molar-refractivity contribution in [3.8, 4) is 5.69 Å². The molecule has 0 radical (unpaired) electrons. The summed E-state index contributed by atoms with van der Waals surface area (Å²) < 4.78 is 7.49. The molecule has 0 N–H and O–H groups in total. The molecule has 0 spiro atoms. The summed E-state index contributed by atoms with van der Waals surface area (Å²) in [5, 5.41) is 12.8. The quantitative estimate of drug-likeness (QED) is 0.868. The van der Waals surface area contributed by atoms with Crippen LogP contribution in [-0.4, -0.2) is 51.4 Å². The highest BCUT2D eigenvalue weighted by molar-refractivity contribution is 5.36. The minimum Gasteiger partial charge on any atom is -0.379 e. The first-order valence-electron chi connectivity index (χ1n) is 8.48. The van der Waals surface area contributed by atoms with Crippen molar-refractivity contribution in [3.05, 3.63) is 35.7 Å². The number of ether oxygens (including phenoxy) is 1. The Balaban J connectivity index is 1.77. The van der Waals surface area contributed by atoms with Crippen molar-refractivity contribution >= 4 is 0 Å². The van der Waals surface area contributed by atoms with Crippen LogP contribution in [0.3, 0.4) is 0 Å². The van der Waals surface area contributed by atoms with E-state index in [0.717, 1.165) is 50.7 Å². The Hall–Kier alpha value is -1.79. The first kappa shape index (κ1) is 14.8. The highest BCUT2D eigenvalue weighted by Crippen LogP contribution is 2.43. The number of hydrogen-bond donors (Lipinski definition) is 0. The van der Waals surface area contributed by atoms with Gasteiger partial charge in [0.2, 0.25) is 0 Å². The molecule has 122 valence electrons. The van der Waals surface area contributed by atoms with E-state index in [1.807, 2.05) is 4.68 Å². The number of tetrazole rings is 1. The minimum absolute atomic E-state index is 0.0446. The van der Waals surface area contributed by atoms with Gasteiger partial charge in [0, 0.05) is 13.1 Å².